The monoisotopic (exact) mass is 377 g/mol. The van der Waals surface area contributed by atoms with E-state index in [0.29, 0.717) is 0 Å². The van der Waals surface area contributed by atoms with Crippen molar-refractivity contribution in [3.63, 3.8) is 0 Å². The number of hydrogen-bond acceptors (Lipinski definition) is 3. The number of rotatable bonds is 2. The lowest BCUT2D eigenvalue weighted by molar-refractivity contribution is -0.184. The molecule has 0 aromatic heterocycles. The molecule has 2 amide bonds. The minimum Gasteiger partial charge on any atom is -0.326 e. The largest absolute Gasteiger partial charge is 0.425 e. The molecule has 1 unspecified atom stereocenters. The third kappa shape index (κ3) is 2.70. The van der Waals surface area contributed by atoms with Crippen LogP contribution in [0.3, 0.4) is 0 Å². The number of nitriles is 1. The number of benzene rings is 1. The number of alkyl halides is 3. The van der Waals surface area contributed by atoms with Gasteiger partial charge in [-0.25, -0.2) is 0 Å². The molecule has 24 heavy (non-hydrogen) atoms. The Labute approximate surface area is 144 Å². The topological polar surface area (TPSA) is 82.0 Å². The summed E-state index contributed by atoms with van der Waals surface area (Å²) in [5, 5.41) is 12.5. The molecule has 1 heterocycles. The van der Waals surface area contributed by atoms with Gasteiger partial charge in [-0.3, -0.25) is 9.59 Å². The lowest BCUT2D eigenvalue weighted by atomic mass is 9.90. The maximum Gasteiger partial charge on any atom is 0.425 e. The van der Waals surface area contributed by atoms with Crippen LogP contribution in [0.1, 0.15) is 17.3 Å². The van der Waals surface area contributed by atoms with E-state index in [4.69, 9.17) is 28.5 Å². The second-order valence-corrected chi connectivity index (χ2v) is 5.74. The van der Waals surface area contributed by atoms with Gasteiger partial charge in [0.2, 0.25) is 0 Å². The van der Waals surface area contributed by atoms with E-state index >= 15 is 0 Å². The Balaban J connectivity index is 2.55. The van der Waals surface area contributed by atoms with Crippen molar-refractivity contribution in [2.75, 3.05) is 0 Å². The maximum absolute atomic E-state index is 13.6. The lowest BCUT2D eigenvalue weighted by Crippen LogP contribution is -2.64. The molecule has 0 saturated carbocycles. The minimum absolute atomic E-state index is 0.175. The van der Waals surface area contributed by atoms with Crippen molar-refractivity contribution in [2.45, 2.75) is 18.6 Å². The summed E-state index contributed by atoms with van der Waals surface area (Å²) in [5.74, 6) is -2.84. The number of hydrogen-bond donors (Lipinski definition) is 2. The van der Waals surface area contributed by atoms with Crippen molar-refractivity contribution in [2.24, 2.45) is 0 Å². The van der Waals surface area contributed by atoms with Crippen LogP contribution in [0.25, 0.3) is 0 Å². The van der Waals surface area contributed by atoms with Gasteiger partial charge < -0.3 is 10.6 Å². The molecule has 0 spiro atoms. The Morgan fingerprint density at radius 1 is 1.38 bits per heavy atom. The molecule has 1 aromatic rings. The highest BCUT2D eigenvalue weighted by atomic mass is 35.5. The molecule has 5 nitrogen and oxygen atoms in total. The summed E-state index contributed by atoms with van der Waals surface area (Å²) < 4.78 is 40.8. The van der Waals surface area contributed by atoms with Crippen molar-refractivity contribution in [3.8, 4) is 6.07 Å². The number of carbonyl (C=O) groups excluding carboxylic acids is 2. The van der Waals surface area contributed by atoms with E-state index in [1.165, 1.54) is 18.2 Å². The standard InChI is InChI=1S/C14H8Cl2F3N3O2/c1-6-9(5-20)13(12(24)21-6,14(17,18)19)22-11(23)8-3-2-7(15)4-10(8)16/h2-4H,1H3,(H,21,24)(H,22,23). The first-order chi connectivity index (χ1) is 11.0. The fourth-order valence-corrected chi connectivity index (χ4v) is 2.76. The Morgan fingerprint density at radius 3 is 2.50 bits per heavy atom. The molecule has 10 heteroatoms. The average molecular weight is 378 g/mol. The van der Waals surface area contributed by atoms with Gasteiger partial charge in [-0.05, 0) is 25.1 Å². The van der Waals surface area contributed by atoms with Gasteiger partial charge in [0.25, 0.3) is 17.4 Å². The Kier molecular flexibility index (Phi) is 4.52. The van der Waals surface area contributed by atoms with Crippen molar-refractivity contribution in [1.29, 1.82) is 5.26 Å². The zero-order valence-electron chi connectivity index (χ0n) is 11.9. The zero-order valence-corrected chi connectivity index (χ0v) is 13.4. The van der Waals surface area contributed by atoms with Gasteiger partial charge in [-0.15, -0.1) is 0 Å². The highest BCUT2D eigenvalue weighted by Gasteiger charge is 2.67. The van der Waals surface area contributed by atoms with Crippen LogP contribution < -0.4 is 10.6 Å². The van der Waals surface area contributed by atoms with Crippen LogP contribution in [0, 0.1) is 11.3 Å². The molecule has 0 bridgehead atoms. The van der Waals surface area contributed by atoms with Gasteiger partial charge in [-0.1, -0.05) is 23.2 Å². The van der Waals surface area contributed by atoms with E-state index in [9.17, 15) is 22.8 Å². The van der Waals surface area contributed by atoms with Crippen LogP contribution in [0.15, 0.2) is 29.5 Å². The molecule has 1 aliphatic rings. The number of carbonyl (C=O) groups is 2. The zero-order chi connectivity index (χ0) is 18.3. The van der Waals surface area contributed by atoms with Gasteiger partial charge in [-0.2, -0.15) is 18.4 Å². The predicted molar refractivity (Wildman–Crippen MR) is 79.2 cm³/mol. The highest BCUT2D eigenvalue weighted by molar-refractivity contribution is 6.36. The third-order valence-electron chi connectivity index (χ3n) is 3.41. The molecule has 1 atom stereocenters. The lowest BCUT2D eigenvalue weighted by Gasteiger charge is -2.30. The molecule has 2 N–H and O–H groups in total. The summed E-state index contributed by atoms with van der Waals surface area (Å²) in [7, 11) is 0. The number of halogens is 5. The SMILES string of the molecule is CC1=C(C#N)C(NC(=O)c2ccc(Cl)cc2Cl)(C(F)(F)F)C(=O)N1. The van der Waals surface area contributed by atoms with Crippen LogP contribution in [0.2, 0.25) is 10.0 Å². The van der Waals surface area contributed by atoms with Crippen LogP contribution in [-0.4, -0.2) is 23.5 Å². The van der Waals surface area contributed by atoms with Crippen LogP contribution in [-0.2, 0) is 4.79 Å². The van der Waals surface area contributed by atoms with Crippen molar-refractivity contribution >= 4 is 35.0 Å². The molecule has 0 fully saturated rings. The van der Waals surface area contributed by atoms with Gasteiger partial charge in [0.15, 0.2) is 0 Å². The first kappa shape index (κ1) is 18.1. The minimum atomic E-state index is -5.24. The summed E-state index contributed by atoms with van der Waals surface area (Å²) >= 11 is 11.5. The summed E-state index contributed by atoms with van der Waals surface area (Å²) in [5.41, 5.74) is -5.02. The average Bonchev–Trinajstić information content (AvgIpc) is 2.69. The van der Waals surface area contributed by atoms with Crippen molar-refractivity contribution < 1.29 is 22.8 Å². The fraction of sp³-hybridized carbons (Fsp3) is 0.214. The van der Waals surface area contributed by atoms with E-state index in [-0.39, 0.29) is 21.3 Å². The van der Waals surface area contributed by atoms with Crippen molar-refractivity contribution in [1.82, 2.24) is 10.6 Å². The molecule has 0 saturated heterocycles. The van der Waals surface area contributed by atoms with Crippen molar-refractivity contribution in [3.05, 3.63) is 45.1 Å². The first-order valence-electron chi connectivity index (χ1n) is 6.31. The van der Waals surface area contributed by atoms with Gasteiger partial charge in [0, 0.05) is 10.7 Å². The quantitative estimate of drug-likeness (QED) is 0.830. The molecule has 1 aliphatic heterocycles. The van der Waals surface area contributed by atoms with Gasteiger partial charge >= 0.3 is 6.18 Å². The normalized spacial score (nSPS) is 20.6. The van der Waals surface area contributed by atoms with E-state index < -0.39 is 29.1 Å². The summed E-state index contributed by atoms with van der Waals surface area (Å²) in [6.07, 6.45) is -5.24. The number of nitrogens with one attached hydrogen (secondary N) is 2. The van der Waals surface area contributed by atoms with E-state index in [0.717, 1.165) is 13.0 Å². The van der Waals surface area contributed by atoms with Gasteiger partial charge in [0.05, 0.1) is 22.2 Å². The van der Waals surface area contributed by atoms with E-state index in [2.05, 4.69) is 0 Å². The molecular weight excluding hydrogens is 370 g/mol. The van der Waals surface area contributed by atoms with Crippen LogP contribution in [0.4, 0.5) is 13.2 Å². The smallest absolute Gasteiger partial charge is 0.326 e. The maximum atomic E-state index is 13.6. The Morgan fingerprint density at radius 2 is 2.00 bits per heavy atom. The molecule has 126 valence electrons. The molecule has 1 aromatic carbocycles. The highest BCUT2D eigenvalue weighted by Crippen LogP contribution is 2.41. The molecule has 2 rings (SSSR count). The molecular formula is C14H8Cl2F3N3O2. The van der Waals surface area contributed by atoms with Gasteiger partial charge in [0.1, 0.15) is 0 Å². The Bertz CT molecular complexity index is 814. The van der Waals surface area contributed by atoms with E-state index in [1.807, 2.05) is 5.32 Å². The summed E-state index contributed by atoms with van der Waals surface area (Å²) in [4.78, 5) is 24.2. The predicted octanol–water partition coefficient (Wildman–Crippen LogP) is 2.95. The summed E-state index contributed by atoms with van der Waals surface area (Å²) in [6, 6.07) is 4.86. The Hall–Kier alpha value is -2.24. The number of nitrogens with zero attached hydrogens (tertiary/aromatic N) is 1. The van der Waals surface area contributed by atoms with Crippen LogP contribution >= 0.6 is 23.2 Å². The van der Waals surface area contributed by atoms with Crippen LogP contribution in [0.5, 0.6) is 0 Å². The third-order valence-corrected chi connectivity index (χ3v) is 3.95. The first-order valence-corrected chi connectivity index (χ1v) is 7.07. The van der Waals surface area contributed by atoms with E-state index in [1.54, 1.807) is 5.32 Å². The second kappa shape index (κ2) is 6.00. The number of allylic oxidation sites excluding steroid dienone is 1. The molecule has 0 aliphatic carbocycles. The molecule has 0 radical (unpaired) electrons. The second-order valence-electron chi connectivity index (χ2n) is 4.89. The number of amides is 2. The fourth-order valence-electron chi connectivity index (χ4n) is 2.26. The summed E-state index contributed by atoms with van der Waals surface area (Å²) in [6.45, 7) is 1.13.